The average molecular weight is 400 g/mol. The number of carbonyl (C=O) groups excluding carboxylic acids is 2. The molecular formula is C20H18ClN3O2S. The van der Waals surface area contributed by atoms with Crippen molar-refractivity contribution in [1.82, 2.24) is 10.3 Å². The maximum Gasteiger partial charge on any atom is 0.253 e. The Morgan fingerprint density at radius 3 is 2.48 bits per heavy atom. The van der Waals surface area contributed by atoms with Crippen LogP contribution in [0.3, 0.4) is 0 Å². The van der Waals surface area contributed by atoms with Crippen molar-refractivity contribution in [3.63, 3.8) is 0 Å². The first-order chi connectivity index (χ1) is 13.0. The van der Waals surface area contributed by atoms with Gasteiger partial charge in [0.2, 0.25) is 5.91 Å². The lowest BCUT2D eigenvalue weighted by Crippen LogP contribution is -2.31. The number of halogens is 1. The monoisotopic (exact) mass is 399 g/mol. The van der Waals surface area contributed by atoms with Crippen LogP contribution >= 0.6 is 22.9 Å². The van der Waals surface area contributed by atoms with Crippen molar-refractivity contribution in [2.75, 3.05) is 5.32 Å². The standard InChI is InChI=1S/C20H18ClN3O2S/c1-13-12-22-20(27-13)24-18(25)11-17(14-7-3-2-4-8-14)23-19(26)15-9-5-6-10-16(15)21/h2-10,12,17H,11H2,1H3,(H,23,26)(H,22,24,25). The third-order valence-electron chi connectivity index (χ3n) is 3.88. The molecule has 1 heterocycles. The number of aryl methyl sites for hydroxylation is 1. The molecule has 1 atom stereocenters. The molecule has 0 aliphatic rings. The third kappa shape index (κ3) is 5.15. The van der Waals surface area contributed by atoms with E-state index in [2.05, 4.69) is 15.6 Å². The zero-order valence-corrected chi connectivity index (χ0v) is 16.2. The van der Waals surface area contributed by atoms with Gasteiger partial charge < -0.3 is 10.6 Å². The predicted molar refractivity (Wildman–Crippen MR) is 108 cm³/mol. The fraction of sp³-hybridized carbons (Fsp3) is 0.150. The van der Waals surface area contributed by atoms with Crippen LogP contribution in [0.4, 0.5) is 5.13 Å². The van der Waals surface area contributed by atoms with E-state index >= 15 is 0 Å². The van der Waals surface area contributed by atoms with Crippen LogP contribution in [0, 0.1) is 6.92 Å². The van der Waals surface area contributed by atoms with Crippen LogP contribution in [0.15, 0.2) is 60.8 Å². The molecule has 3 aromatic rings. The van der Waals surface area contributed by atoms with Crippen LogP contribution in [0.2, 0.25) is 5.02 Å². The number of carbonyl (C=O) groups is 2. The summed E-state index contributed by atoms with van der Waals surface area (Å²) in [6.07, 6.45) is 1.78. The molecule has 0 saturated heterocycles. The van der Waals surface area contributed by atoms with Gasteiger partial charge in [0.05, 0.1) is 23.0 Å². The second-order valence-electron chi connectivity index (χ2n) is 5.94. The highest BCUT2D eigenvalue weighted by molar-refractivity contribution is 7.15. The van der Waals surface area contributed by atoms with Gasteiger partial charge in [-0.2, -0.15) is 0 Å². The van der Waals surface area contributed by atoms with Gasteiger partial charge in [0, 0.05) is 11.1 Å². The molecule has 0 bridgehead atoms. The molecular weight excluding hydrogens is 382 g/mol. The first-order valence-corrected chi connectivity index (χ1v) is 9.55. The van der Waals surface area contributed by atoms with E-state index in [-0.39, 0.29) is 18.2 Å². The summed E-state index contributed by atoms with van der Waals surface area (Å²) in [6.45, 7) is 1.92. The molecule has 2 N–H and O–H groups in total. The fourth-order valence-corrected chi connectivity index (χ4v) is 3.49. The van der Waals surface area contributed by atoms with E-state index in [4.69, 9.17) is 11.6 Å². The highest BCUT2D eigenvalue weighted by atomic mass is 35.5. The third-order valence-corrected chi connectivity index (χ3v) is 5.04. The molecule has 2 aromatic carbocycles. The summed E-state index contributed by atoms with van der Waals surface area (Å²) in [5.74, 6) is -0.551. The lowest BCUT2D eigenvalue weighted by Gasteiger charge is -2.19. The van der Waals surface area contributed by atoms with Gasteiger partial charge in [-0.3, -0.25) is 9.59 Å². The number of amides is 2. The maximum absolute atomic E-state index is 12.7. The van der Waals surface area contributed by atoms with Crippen molar-refractivity contribution in [1.29, 1.82) is 0 Å². The van der Waals surface area contributed by atoms with Crippen LogP contribution in [0.25, 0.3) is 0 Å². The van der Waals surface area contributed by atoms with Crippen molar-refractivity contribution < 1.29 is 9.59 Å². The number of anilines is 1. The van der Waals surface area contributed by atoms with Crippen LogP contribution < -0.4 is 10.6 Å². The van der Waals surface area contributed by atoms with Gasteiger partial charge in [0.15, 0.2) is 5.13 Å². The minimum absolute atomic E-state index is 0.0822. The number of thiazole rings is 1. The maximum atomic E-state index is 12.7. The zero-order chi connectivity index (χ0) is 19.2. The topological polar surface area (TPSA) is 71.1 Å². The number of nitrogens with zero attached hydrogens (tertiary/aromatic N) is 1. The zero-order valence-electron chi connectivity index (χ0n) is 14.6. The molecule has 3 rings (SSSR count). The molecule has 0 aliphatic heterocycles. The number of hydrogen-bond donors (Lipinski definition) is 2. The molecule has 0 spiro atoms. The molecule has 7 heteroatoms. The SMILES string of the molecule is Cc1cnc(NC(=O)CC(NC(=O)c2ccccc2Cl)c2ccccc2)s1. The van der Waals surface area contributed by atoms with E-state index in [1.165, 1.54) is 11.3 Å². The highest BCUT2D eigenvalue weighted by Crippen LogP contribution is 2.22. The summed E-state index contributed by atoms with van der Waals surface area (Å²) in [5, 5.41) is 6.60. The second kappa shape index (κ2) is 8.79. The molecule has 138 valence electrons. The lowest BCUT2D eigenvalue weighted by atomic mass is 10.0. The van der Waals surface area contributed by atoms with Crippen molar-refractivity contribution in [3.05, 3.63) is 81.8 Å². The summed E-state index contributed by atoms with van der Waals surface area (Å²) in [7, 11) is 0. The van der Waals surface area contributed by atoms with Gasteiger partial charge in [-0.25, -0.2) is 4.98 Å². The highest BCUT2D eigenvalue weighted by Gasteiger charge is 2.21. The van der Waals surface area contributed by atoms with Gasteiger partial charge in [0.1, 0.15) is 0 Å². The second-order valence-corrected chi connectivity index (χ2v) is 7.59. The number of nitrogens with one attached hydrogen (secondary N) is 2. The Balaban J connectivity index is 1.76. The summed E-state index contributed by atoms with van der Waals surface area (Å²) in [5.41, 5.74) is 1.21. The molecule has 0 aliphatic carbocycles. The van der Waals surface area contributed by atoms with Gasteiger partial charge in [-0.05, 0) is 24.6 Å². The number of aromatic nitrogens is 1. The molecule has 0 fully saturated rings. The normalized spacial score (nSPS) is 11.6. The minimum atomic E-state index is -0.490. The largest absolute Gasteiger partial charge is 0.345 e. The van der Waals surface area contributed by atoms with E-state index in [0.29, 0.717) is 15.7 Å². The van der Waals surface area contributed by atoms with E-state index in [0.717, 1.165) is 10.4 Å². The molecule has 0 radical (unpaired) electrons. The van der Waals surface area contributed by atoms with Crippen LogP contribution in [-0.4, -0.2) is 16.8 Å². The number of benzene rings is 2. The summed E-state index contributed by atoms with van der Waals surface area (Å²) >= 11 is 7.52. The van der Waals surface area contributed by atoms with E-state index in [1.807, 2.05) is 37.3 Å². The minimum Gasteiger partial charge on any atom is -0.345 e. The molecule has 0 saturated carbocycles. The van der Waals surface area contributed by atoms with Crippen molar-refractivity contribution in [2.24, 2.45) is 0 Å². The summed E-state index contributed by atoms with van der Waals surface area (Å²) in [4.78, 5) is 30.3. The quantitative estimate of drug-likeness (QED) is 0.636. The molecule has 1 unspecified atom stereocenters. The van der Waals surface area contributed by atoms with Crippen molar-refractivity contribution >= 4 is 39.9 Å². The Morgan fingerprint density at radius 2 is 1.81 bits per heavy atom. The first kappa shape index (κ1) is 19.1. The van der Waals surface area contributed by atoms with Crippen molar-refractivity contribution in [3.8, 4) is 0 Å². The lowest BCUT2D eigenvalue weighted by molar-refractivity contribution is -0.116. The Kier molecular flexibility index (Phi) is 6.21. The van der Waals surface area contributed by atoms with Crippen LogP contribution in [-0.2, 0) is 4.79 Å². The Morgan fingerprint density at radius 1 is 1.11 bits per heavy atom. The molecule has 1 aromatic heterocycles. The molecule has 2 amide bonds. The van der Waals surface area contributed by atoms with Crippen molar-refractivity contribution in [2.45, 2.75) is 19.4 Å². The average Bonchev–Trinajstić information content (AvgIpc) is 3.06. The number of rotatable bonds is 6. The van der Waals surface area contributed by atoms with E-state index in [9.17, 15) is 9.59 Å². The Labute approximate surface area is 166 Å². The van der Waals surface area contributed by atoms with E-state index in [1.54, 1.807) is 30.5 Å². The van der Waals surface area contributed by atoms with Crippen LogP contribution in [0.1, 0.15) is 33.3 Å². The van der Waals surface area contributed by atoms with Gasteiger partial charge in [0.25, 0.3) is 5.91 Å². The first-order valence-electron chi connectivity index (χ1n) is 8.35. The Hall–Kier alpha value is -2.70. The molecule has 27 heavy (non-hydrogen) atoms. The fourth-order valence-electron chi connectivity index (χ4n) is 2.59. The smallest absolute Gasteiger partial charge is 0.253 e. The predicted octanol–water partition coefficient (Wildman–Crippen LogP) is 4.60. The van der Waals surface area contributed by atoms with Crippen LogP contribution in [0.5, 0.6) is 0 Å². The summed E-state index contributed by atoms with van der Waals surface area (Å²) < 4.78 is 0. The van der Waals surface area contributed by atoms with Gasteiger partial charge in [-0.1, -0.05) is 54.1 Å². The van der Waals surface area contributed by atoms with Gasteiger partial charge in [-0.15, -0.1) is 11.3 Å². The number of hydrogen-bond acceptors (Lipinski definition) is 4. The van der Waals surface area contributed by atoms with Gasteiger partial charge >= 0.3 is 0 Å². The summed E-state index contributed by atoms with van der Waals surface area (Å²) in [6, 6.07) is 15.7. The molecule has 5 nitrogen and oxygen atoms in total. The van der Waals surface area contributed by atoms with E-state index < -0.39 is 6.04 Å². The Bertz CT molecular complexity index is 943.